The van der Waals surface area contributed by atoms with Gasteiger partial charge in [-0.1, -0.05) is 24.3 Å². The molecular weight excluding hydrogens is 280 g/mol. The van der Waals surface area contributed by atoms with Crippen molar-refractivity contribution in [2.75, 3.05) is 18.0 Å². The summed E-state index contributed by atoms with van der Waals surface area (Å²) in [6, 6.07) is 13.7. The highest BCUT2D eigenvalue weighted by molar-refractivity contribution is 5.48. The van der Waals surface area contributed by atoms with Gasteiger partial charge in [-0.05, 0) is 73.6 Å². The Morgan fingerprint density at radius 2 is 1.48 bits per heavy atom. The molecule has 0 unspecified atom stereocenters. The Morgan fingerprint density at radius 3 is 2.17 bits per heavy atom. The largest absolute Gasteiger partial charge is 0.372 e. The van der Waals surface area contributed by atoms with Crippen molar-refractivity contribution in [3.05, 3.63) is 64.2 Å². The van der Waals surface area contributed by atoms with Crippen molar-refractivity contribution in [1.82, 2.24) is 5.32 Å². The molecule has 1 heterocycles. The average Bonchev–Trinajstić information content (AvgIpc) is 3.07. The summed E-state index contributed by atoms with van der Waals surface area (Å²) < 4.78 is 0. The molecule has 0 spiro atoms. The summed E-state index contributed by atoms with van der Waals surface area (Å²) in [5.74, 6) is 0. The van der Waals surface area contributed by atoms with Crippen LogP contribution in [0.4, 0.5) is 5.69 Å². The zero-order valence-electron chi connectivity index (χ0n) is 14.7. The van der Waals surface area contributed by atoms with Gasteiger partial charge in [-0.3, -0.25) is 0 Å². The lowest BCUT2D eigenvalue weighted by Gasteiger charge is -2.18. The van der Waals surface area contributed by atoms with Crippen LogP contribution in [0.5, 0.6) is 0 Å². The molecule has 2 nitrogen and oxygen atoms in total. The number of anilines is 1. The lowest BCUT2D eigenvalue weighted by molar-refractivity contribution is 0.690. The van der Waals surface area contributed by atoms with Gasteiger partial charge in [0, 0.05) is 31.9 Å². The number of hydrogen-bond acceptors (Lipinski definition) is 2. The van der Waals surface area contributed by atoms with E-state index in [2.05, 4.69) is 67.4 Å². The van der Waals surface area contributed by atoms with Crippen LogP contribution in [-0.2, 0) is 13.1 Å². The predicted molar refractivity (Wildman–Crippen MR) is 99.1 cm³/mol. The van der Waals surface area contributed by atoms with Gasteiger partial charge in [-0.15, -0.1) is 0 Å². The molecule has 1 N–H and O–H groups in total. The minimum absolute atomic E-state index is 0.923. The highest BCUT2D eigenvalue weighted by Crippen LogP contribution is 2.20. The van der Waals surface area contributed by atoms with Crippen molar-refractivity contribution in [2.45, 2.75) is 46.7 Å². The SMILES string of the molecule is Cc1cc(C)c(CNCc2ccc(N3CCCC3)cc2)cc1C. The van der Waals surface area contributed by atoms with Crippen molar-refractivity contribution in [1.29, 1.82) is 0 Å². The maximum Gasteiger partial charge on any atom is 0.0366 e. The normalized spacial score (nSPS) is 14.5. The molecule has 0 atom stereocenters. The first-order valence-electron chi connectivity index (χ1n) is 8.75. The number of aryl methyl sites for hydroxylation is 3. The van der Waals surface area contributed by atoms with E-state index in [9.17, 15) is 0 Å². The van der Waals surface area contributed by atoms with Gasteiger partial charge in [0.1, 0.15) is 0 Å². The quantitative estimate of drug-likeness (QED) is 0.875. The third-order valence-corrected chi connectivity index (χ3v) is 5.00. The predicted octanol–water partition coefficient (Wildman–Crippen LogP) is 4.50. The Kier molecular flexibility index (Phi) is 5.02. The van der Waals surface area contributed by atoms with Crippen molar-refractivity contribution >= 4 is 5.69 Å². The standard InChI is InChI=1S/C21H28N2/c1-16-12-18(3)20(13-17(16)2)15-22-14-19-6-8-21(9-7-19)23-10-4-5-11-23/h6-9,12-13,22H,4-5,10-11,14-15H2,1-3H3. The molecule has 0 bridgehead atoms. The molecule has 0 amide bonds. The molecule has 2 aromatic carbocycles. The third kappa shape index (κ3) is 3.94. The fourth-order valence-corrected chi connectivity index (χ4v) is 3.35. The van der Waals surface area contributed by atoms with E-state index in [-0.39, 0.29) is 0 Å². The first-order valence-corrected chi connectivity index (χ1v) is 8.75. The van der Waals surface area contributed by atoms with Crippen molar-refractivity contribution in [3.63, 3.8) is 0 Å². The number of nitrogens with one attached hydrogen (secondary N) is 1. The monoisotopic (exact) mass is 308 g/mol. The highest BCUT2D eigenvalue weighted by atomic mass is 15.1. The fraction of sp³-hybridized carbons (Fsp3) is 0.429. The van der Waals surface area contributed by atoms with E-state index < -0.39 is 0 Å². The van der Waals surface area contributed by atoms with E-state index in [1.54, 1.807) is 0 Å². The van der Waals surface area contributed by atoms with E-state index in [0.29, 0.717) is 0 Å². The molecular formula is C21H28N2. The first kappa shape index (κ1) is 16.1. The second-order valence-corrected chi connectivity index (χ2v) is 6.83. The van der Waals surface area contributed by atoms with Crippen LogP contribution in [0.15, 0.2) is 36.4 Å². The molecule has 0 radical (unpaired) electrons. The van der Waals surface area contributed by atoms with Crippen LogP contribution in [0, 0.1) is 20.8 Å². The van der Waals surface area contributed by atoms with Crippen LogP contribution in [0.3, 0.4) is 0 Å². The van der Waals surface area contributed by atoms with Crippen molar-refractivity contribution < 1.29 is 0 Å². The van der Waals surface area contributed by atoms with Crippen LogP contribution >= 0.6 is 0 Å². The van der Waals surface area contributed by atoms with Crippen LogP contribution in [-0.4, -0.2) is 13.1 Å². The molecule has 0 saturated carbocycles. The summed E-state index contributed by atoms with van der Waals surface area (Å²) in [5, 5.41) is 3.58. The van der Waals surface area contributed by atoms with E-state index in [0.717, 1.165) is 13.1 Å². The smallest absolute Gasteiger partial charge is 0.0366 e. The second kappa shape index (κ2) is 7.18. The number of rotatable bonds is 5. The zero-order valence-corrected chi connectivity index (χ0v) is 14.7. The van der Waals surface area contributed by atoms with E-state index >= 15 is 0 Å². The minimum Gasteiger partial charge on any atom is -0.372 e. The van der Waals surface area contributed by atoms with Gasteiger partial charge in [0.15, 0.2) is 0 Å². The van der Waals surface area contributed by atoms with Crippen LogP contribution < -0.4 is 10.2 Å². The van der Waals surface area contributed by atoms with Gasteiger partial charge in [0.2, 0.25) is 0 Å². The van der Waals surface area contributed by atoms with Gasteiger partial charge < -0.3 is 10.2 Å². The van der Waals surface area contributed by atoms with Gasteiger partial charge in [-0.2, -0.15) is 0 Å². The summed E-state index contributed by atoms with van der Waals surface area (Å²) >= 11 is 0. The summed E-state index contributed by atoms with van der Waals surface area (Å²) in [7, 11) is 0. The Hall–Kier alpha value is -1.80. The Balaban J connectivity index is 1.55. The van der Waals surface area contributed by atoms with E-state index in [1.165, 1.54) is 59.4 Å². The summed E-state index contributed by atoms with van der Waals surface area (Å²) in [5.41, 5.74) is 8.27. The summed E-state index contributed by atoms with van der Waals surface area (Å²) in [6.45, 7) is 10.9. The number of nitrogens with zero attached hydrogens (tertiary/aromatic N) is 1. The van der Waals surface area contributed by atoms with Gasteiger partial charge >= 0.3 is 0 Å². The van der Waals surface area contributed by atoms with Gasteiger partial charge in [0.25, 0.3) is 0 Å². The Bertz CT molecular complexity index is 652. The molecule has 0 aliphatic carbocycles. The van der Waals surface area contributed by atoms with Crippen molar-refractivity contribution in [2.24, 2.45) is 0 Å². The molecule has 1 aliphatic rings. The van der Waals surface area contributed by atoms with E-state index in [1.807, 2.05) is 0 Å². The maximum atomic E-state index is 3.58. The molecule has 122 valence electrons. The minimum atomic E-state index is 0.923. The average molecular weight is 308 g/mol. The lowest BCUT2D eigenvalue weighted by atomic mass is 10.0. The van der Waals surface area contributed by atoms with Crippen molar-refractivity contribution in [3.8, 4) is 0 Å². The Labute approximate surface area is 140 Å². The van der Waals surface area contributed by atoms with Crippen LogP contribution in [0.1, 0.15) is 40.7 Å². The topological polar surface area (TPSA) is 15.3 Å². The summed E-state index contributed by atoms with van der Waals surface area (Å²) in [6.07, 6.45) is 2.66. The molecule has 1 fully saturated rings. The highest BCUT2D eigenvalue weighted by Gasteiger charge is 2.11. The molecule has 3 rings (SSSR count). The molecule has 1 aliphatic heterocycles. The molecule has 23 heavy (non-hydrogen) atoms. The first-order chi connectivity index (χ1) is 11.1. The summed E-state index contributed by atoms with van der Waals surface area (Å²) in [4.78, 5) is 2.48. The molecule has 0 aromatic heterocycles. The van der Waals surface area contributed by atoms with Gasteiger partial charge in [-0.25, -0.2) is 0 Å². The fourth-order valence-electron chi connectivity index (χ4n) is 3.35. The third-order valence-electron chi connectivity index (χ3n) is 5.00. The second-order valence-electron chi connectivity index (χ2n) is 6.83. The van der Waals surface area contributed by atoms with Crippen LogP contribution in [0.25, 0.3) is 0 Å². The maximum absolute atomic E-state index is 3.58. The number of hydrogen-bond donors (Lipinski definition) is 1. The molecule has 2 heteroatoms. The zero-order chi connectivity index (χ0) is 16.2. The lowest BCUT2D eigenvalue weighted by Crippen LogP contribution is -2.17. The molecule has 2 aromatic rings. The Morgan fingerprint density at radius 1 is 0.826 bits per heavy atom. The van der Waals surface area contributed by atoms with Gasteiger partial charge in [0.05, 0.1) is 0 Å². The number of benzene rings is 2. The van der Waals surface area contributed by atoms with E-state index in [4.69, 9.17) is 0 Å². The molecule has 1 saturated heterocycles. The van der Waals surface area contributed by atoms with Crippen LogP contribution in [0.2, 0.25) is 0 Å².